The van der Waals surface area contributed by atoms with E-state index in [4.69, 9.17) is 9.05 Å². The van der Waals surface area contributed by atoms with Gasteiger partial charge in [0.2, 0.25) is 5.91 Å². The van der Waals surface area contributed by atoms with E-state index >= 15 is 0 Å². The molecular formula is C59H119N2O6P. The number of allylic oxidation sites excluding steroid dienone is 1. The van der Waals surface area contributed by atoms with Gasteiger partial charge in [0, 0.05) is 6.42 Å². The van der Waals surface area contributed by atoms with E-state index in [1.807, 2.05) is 27.2 Å². The van der Waals surface area contributed by atoms with Gasteiger partial charge in [-0.3, -0.25) is 9.36 Å². The summed E-state index contributed by atoms with van der Waals surface area (Å²) in [7, 11) is 1.28. The number of nitrogens with zero attached hydrogens (tertiary/aromatic N) is 1. The number of unbranched alkanes of at least 4 members (excludes halogenated alkanes) is 43. The average Bonchev–Trinajstić information content (AvgIpc) is 3.30. The molecule has 0 rings (SSSR count). The Morgan fingerprint density at radius 2 is 0.794 bits per heavy atom. The highest BCUT2D eigenvalue weighted by atomic mass is 31.2. The molecule has 0 saturated carbocycles. The molecule has 9 heteroatoms. The van der Waals surface area contributed by atoms with Crippen LogP contribution in [0.4, 0.5) is 0 Å². The molecular weight excluding hydrogens is 864 g/mol. The molecule has 0 aliphatic heterocycles. The van der Waals surface area contributed by atoms with Crippen molar-refractivity contribution in [3.05, 3.63) is 12.2 Å². The van der Waals surface area contributed by atoms with E-state index in [1.54, 1.807) is 6.08 Å². The number of carbonyl (C=O) groups excluding carboxylic acids is 1. The van der Waals surface area contributed by atoms with Gasteiger partial charge < -0.3 is 28.8 Å². The van der Waals surface area contributed by atoms with Crippen molar-refractivity contribution in [2.24, 2.45) is 0 Å². The van der Waals surface area contributed by atoms with Crippen LogP contribution in [0, 0.1) is 0 Å². The van der Waals surface area contributed by atoms with E-state index in [9.17, 15) is 19.4 Å². The summed E-state index contributed by atoms with van der Waals surface area (Å²) in [6.45, 7) is 4.70. The molecule has 68 heavy (non-hydrogen) atoms. The van der Waals surface area contributed by atoms with Gasteiger partial charge in [-0.15, -0.1) is 0 Å². The van der Waals surface area contributed by atoms with Crippen LogP contribution in [0.1, 0.15) is 309 Å². The molecule has 0 aromatic carbocycles. The lowest BCUT2D eigenvalue weighted by Crippen LogP contribution is -2.45. The van der Waals surface area contributed by atoms with Gasteiger partial charge >= 0.3 is 0 Å². The summed E-state index contributed by atoms with van der Waals surface area (Å²) in [4.78, 5) is 25.5. The fraction of sp³-hybridized carbons (Fsp3) is 0.949. The Morgan fingerprint density at radius 1 is 0.500 bits per heavy atom. The van der Waals surface area contributed by atoms with Gasteiger partial charge in [-0.25, -0.2) is 0 Å². The fourth-order valence-corrected chi connectivity index (χ4v) is 10.00. The number of likely N-dealkylation sites (N-methyl/N-ethyl adjacent to an activating group) is 1. The number of nitrogens with one attached hydrogen (secondary N) is 1. The Kier molecular flexibility index (Phi) is 50.6. The summed E-state index contributed by atoms with van der Waals surface area (Å²) in [6, 6.07) is -0.882. The first-order chi connectivity index (χ1) is 33.0. The van der Waals surface area contributed by atoms with Crippen molar-refractivity contribution in [1.29, 1.82) is 0 Å². The molecule has 0 heterocycles. The summed E-state index contributed by atoms with van der Waals surface area (Å²) in [5.41, 5.74) is 0. The summed E-state index contributed by atoms with van der Waals surface area (Å²) in [6.07, 6.45) is 62.9. The molecule has 2 N–H and O–H groups in total. The maximum Gasteiger partial charge on any atom is 0.268 e. The molecule has 0 saturated heterocycles. The zero-order valence-corrected chi connectivity index (χ0v) is 47.2. The second-order valence-electron chi connectivity index (χ2n) is 22.1. The van der Waals surface area contributed by atoms with Crippen molar-refractivity contribution in [3.8, 4) is 0 Å². The Balaban J connectivity index is 4.12. The molecule has 0 aliphatic carbocycles. The third-order valence-corrected chi connectivity index (χ3v) is 15.0. The van der Waals surface area contributed by atoms with Crippen molar-refractivity contribution < 1.29 is 32.9 Å². The van der Waals surface area contributed by atoms with Crippen LogP contribution in [0.25, 0.3) is 0 Å². The maximum atomic E-state index is 13.0. The Bertz CT molecular complexity index is 1120. The van der Waals surface area contributed by atoms with Gasteiger partial charge in [0.1, 0.15) is 13.2 Å². The van der Waals surface area contributed by atoms with Crippen LogP contribution in [0.15, 0.2) is 12.2 Å². The van der Waals surface area contributed by atoms with Crippen LogP contribution >= 0.6 is 7.82 Å². The monoisotopic (exact) mass is 983 g/mol. The van der Waals surface area contributed by atoms with E-state index in [0.29, 0.717) is 17.4 Å². The van der Waals surface area contributed by atoms with Crippen LogP contribution in [0.2, 0.25) is 0 Å². The van der Waals surface area contributed by atoms with E-state index in [1.165, 1.54) is 250 Å². The first-order valence-corrected chi connectivity index (χ1v) is 31.5. The summed E-state index contributed by atoms with van der Waals surface area (Å²) < 4.78 is 23.4. The number of hydrogen-bond acceptors (Lipinski definition) is 6. The molecule has 0 fully saturated rings. The van der Waals surface area contributed by atoms with Crippen molar-refractivity contribution in [2.45, 2.75) is 321 Å². The minimum Gasteiger partial charge on any atom is -0.756 e. The minimum absolute atomic E-state index is 0.00273. The van der Waals surface area contributed by atoms with E-state index in [-0.39, 0.29) is 19.1 Å². The highest BCUT2D eigenvalue weighted by molar-refractivity contribution is 7.45. The predicted octanol–water partition coefficient (Wildman–Crippen LogP) is 17.6. The van der Waals surface area contributed by atoms with Gasteiger partial charge in [0.05, 0.1) is 39.9 Å². The van der Waals surface area contributed by atoms with Crippen LogP contribution in [-0.2, 0) is 18.4 Å². The third-order valence-electron chi connectivity index (χ3n) is 14.0. The number of aliphatic hydroxyl groups excluding tert-OH is 1. The van der Waals surface area contributed by atoms with Crippen molar-refractivity contribution >= 4 is 13.7 Å². The largest absolute Gasteiger partial charge is 0.756 e. The lowest BCUT2D eigenvalue weighted by molar-refractivity contribution is -0.870. The molecule has 0 aromatic heterocycles. The highest BCUT2D eigenvalue weighted by Gasteiger charge is 2.23. The van der Waals surface area contributed by atoms with Gasteiger partial charge in [0.25, 0.3) is 7.82 Å². The molecule has 0 aliphatic rings. The molecule has 3 unspecified atom stereocenters. The summed E-state index contributed by atoms with van der Waals surface area (Å²) in [5, 5.41) is 13.9. The van der Waals surface area contributed by atoms with Crippen LogP contribution in [0.3, 0.4) is 0 Å². The fourth-order valence-electron chi connectivity index (χ4n) is 9.27. The molecule has 1 amide bonds. The number of hydrogen-bond donors (Lipinski definition) is 2. The standard InChI is InChI=1S/C59H119N2O6P/c1-6-8-10-12-14-16-18-20-22-24-26-27-28-29-30-31-32-33-34-35-36-38-40-42-44-46-48-50-52-58(62)57(56-67-68(64,65)66-55-54-61(3,4)5)60-59(63)53-51-49-47-45-43-41-39-37-25-23-21-19-17-15-13-11-9-7-2/h50,52,57-58,62H,6-49,51,53-56H2,1-5H3,(H-,60,63,64,65)/b52-50+. The number of rotatable bonds is 56. The van der Waals surface area contributed by atoms with Crippen LogP contribution < -0.4 is 10.2 Å². The molecule has 3 atom stereocenters. The van der Waals surface area contributed by atoms with E-state index < -0.39 is 20.0 Å². The second-order valence-corrected chi connectivity index (χ2v) is 23.5. The molecule has 406 valence electrons. The zero-order chi connectivity index (χ0) is 49.9. The number of carbonyl (C=O) groups is 1. The van der Waals surface area contributed by atoms with Crippen molar-refractivity contribution in [3.63, 3.8) is 0 Å². The smallest absolute Gasteiger partial charge is 0.268 e. The van der Waals surface area contributed by atoms with Crippen LogP contribution in [-0.4, -0.2) is 68.5 Å². The number of phosphoric acid groups is 1. The Labute approximate surface area is 424 Å². The Morgan fingerprint density at radius 3 is 1.10 bits per heavy atom. The third kappa shape index (κ3) is 53.0. The molecule has 0 radical (unpaired) electrons. The van der Waals surface area contributed by atoms with E-state index in [2.05, 4.69) is 19.2 Å². The molecule has 0 spiro atoms. The van der Waals surface area contributed by atoms with Gasteiger partial charge in [-0.1, -0.05) is 296 Å². The lowest BCUT2D eigenvalue weighted by atomic mass is 10.0. The number of quaternary nitrogens is 1. The van der Waals surface area contributed by atoms with Gasteiger partial charge in [-0.05, 0) is 19.3 Å². The topological polar surface area (TPSA) is 108 Å². The quantitative estimate of drug-likeness (QED) is 0.0272. The number of phosphoric ester groups is 1. The Hall–Kier alpha value is -0.760. The molecule has 8 nitrogen and oxygen atoms in total. The van der Waals surface area contributed by atoms with Crippen molar-refractivity contribution in [2.75, 3.05) is 40.9 Å². The van der Waals surface area contributed by atoms with Crippen molar-refractivity contribution in [1.82, 2.24) is 5.32 Å². The lowest BCUT2D eigenvalue weighted by Gasteiger charge is -2.29. The van der Waals surface area contributed by atoms with Gasteiger partial charge in [0.15, 0.2) is 0 Å². The SMILES string of the molecule is CCCCCCCCCCCCCCCCCCCCCCCCCCCC/C=C/C(O)C(COP(=O)([O-])OCC[N+](C)(C)C)NC(=O)CCCCCCCCCCCCCCCCCCCC. The zero-order valence-electron chi connectivity index (χ0n) is 46.3. The summed E-state index contributed by atoms with van der Waals surface area (Å²) in [5.74, 6) is -0.190. The first-order valence-electron chi connectivity index (χ1n) is 30.1. The highest BCUT2D eigenvalue weighted by Crippen LogP contribution is 2.38. The maximum absolute atomic E-state index is 13.0. The predicted molar refractivity (Wildman–Crippen MR) is 293 cm³/mol. The second kappa shape index (κ2) is 51.2. The molecule has 0 aromatic rings. The average molecular weight is 984 g/mol. The molecule has 0 bridgehead atoms. The van der Waals surface area contributed by atoms with Crippen LogP contribution in [0.5, 0.6) is 0 Å². The van der Waals surface area contributed by atoms with E-state index in [0.717, 1.165) is 38.5 Å². The first kappa shape index (κ1) is 67.2. The number of aliphatic hydroxyl groups is 1. The minimum atomic E-state index is -4.59. The van der Waals surface area contributed by atoms with Gasteiger partial charge in [-0.2, -0.15) is 0 Å². The normalized spacial score (nSPS) is 13.9. The summed E-state index contributed by atoms with van der Waals surface area (Å²) >= 11 is 0. The number of amides is 1.